The molecule has 0 saturated carbocycles. The average molecular weight is 395 g/mol. The minimum atomic E-state index is -1.14. The topological polar surface area (TPSA) is 111 Å². The minimum Gasteiger partial charge on any atom is -0.477 e. The Morgan fingerprint density at radius 1 is 1.29 bits per heavy atom. The van der Waals surface area contributed by atoms with Gasteiger partial charge >= 0.3 is 5.97 Å². The van der Waals surface area contributed by atoms with Crippen molar-refractivity contribution in [1.82, 2.24) is 9.55 Å². The van der Waals surface area contributed by atoms with Crippen LogP contribution in [-0.2, 0) is 11.3 Å². The van der Waals surface area contributed by atoms with Crippen LogP contribution in [0.1, 0.15) is 27.5 Å². The summed E-state index contributed by atoms with van der Waals surface area (Å²) in [6.45, 7) is 0.250. The first kappa shape index (κ1) is 17.9. The number of halogens is 1. The number of carboxylic acid groups (broad SMARTS) is 1. The second-order valence-corrected chi connectivity index (χ2v) is 6.82. The number of benzene rings is 1. The van der Waals surface area contributed by atoms with Crippen LogP contribution >= 0.6 is 11.6 Å². The fourth-order valence-electron chi connectivity index (χ4n) is 3.50. The Hall–Kier alpha value is -3.45. The number of allylic oxidation sites excluding steroid dienone is 1. The first-order valence-corrected chi connectivity index (χ1v) is 8.83. The van der Waals surface area contributed by atoms with Gasteiger partial charge in [0.2, 0.25) is 0 Å². The highest BCUT2D eigenvalue weighted by molar-refractivity contribution is 6.31. The van der Waals surface area contributed by atoms with Crippen LogP contribution in [0.15, 0.2) is 53.7 Å². The fraction of sp³-hybridized carbons (Fsp3) is 0.100. The zero-order valence-corrected chi connectivity index (χ0v) is 15.3. The van der Waals surface area contributed by atoms with Crippen molar-refractivity contribution in [2.75, 3.05) is 5.73 Å². The van der Waals surface area contributed by atoms with Crippen molar-refractivity contribution in [3.8, 4) is 0 Å². The number of nitrogen functional groups attached to an aromatic ring is 1. The number of nitrogens with two attached hydrogens (primary N) is 1. The van der Waals surface area contributed by atoms with Crippen molar-refractivity contribution in [3.05, 3.63) is 70.5 Å². The Bertz CT molecular complexity index is 1180. The smallest absolute Gasteiger partial charge is 0.352 e. The van der Waals surface area contributed by atoms with E-state index in [9.17, 15) is 14.7 Å². The van der Waals surface area contributed by atoms with Crippen molar-refractivity contribution in [1.29, 1.82) is 0 Å². The predicted molar refractivity (Wildman–Crippen MR) is 107 cm³/mol. The number of aromatic carboxylic acids is 1. The van der Waals surface area contributed by atoms with E-state index in [0.29, 0.717) is 27.3 Å². The number of carbonyl (C=O) groups excluding carboxylic acids is 1. The molecule has 8 heteroatoms. The van der Waals surface area contributed by atoms with E-state index < -0.39 is 17.8 Å². The zero-order valence-electron chi connectivity index (χ0n) is 14.5. The van der Waals surface area contributed by atoms with Gasteiger partial charge in [-0.1, -0.05) is 17.7 Å². The van der Waals surface area contributed by atoms with Crippen molar-refractivity contribution in [2.24, 2.45) is 4.99 Å². The number of dihydropyridines is 1. The lowest BCUT2D eigenvalue weighted by atomic mass is 9.93. The Morgan fingerprint density at radius 3 is 2.82 bits per heavy atom. The maximum absolute atomic E-state index is 12.4. The third-order valence-electron chi connectivity index (χ3n) is 4.62. The first-order chi connectivity index (χ1) is 13.5. The van der Waals surface area contributed by atoms with E-state index in [1.165, 1.54) is 6.21 Å². The Kier molecular flexibility index (Phi) is 4.44. The first-order valence-electron chi connectivity index (χ1n) is 8.45. The monoisotopic (exact) mass is 394 g/mol. The Labute approximate surface area is 164 Å². The van der Waals surface area contributed by atoms with Crippen LogP contribution in [0.4, 0.5) is 5.82 Å². The molecule has 0 saturated heterocycles. The van der Waals surface area contributed by atoms with Gasteiger partial charge in [-0.25, -0.2) is 14.8 Å². The average Bonchev–Trinajstić information content (AvgIpc) is 2.95. The molecular weight excluding hydrogens is 380 g/mol. The normalized spacial score (nSPS) is 16.0. The molecule has 1 atom stereocenters. The van der Waals surface area contributed by atoms with Gasteiger partial charge in [0.1, 0.15) is 11.5 Å². The van der Waals surface area contributed by atoms with Gasteiger partial charge in [-0.15, -0.1) is 0 Å². The van der Waals surface area contributed by atoms with Crippen LogP contribution in [0.3, 0.4) is 0 Å². The molecule has 3 aromatic rings. The molecule has 1 aromatic carbocycles. The number of anilines is 1. The van der Waals surface area contributed by atoms with Crippen molar-refractivity contribution >= 4 is 46.4 Å². The van der Waals surface area contributed by atoms with Crippen molar-refractivity contribution in [2.45, 2.75) is 12.5 Å². The number of amides is 1. The van der Waals surface area contributed by atoms with E-state index in [1.54, 1.807) is 53.2 Å². The van der Waals surface area contributed by atoms with Gasteiger partial charge in [0, 0.05) is 40.4 Å². The van der Waals surface area contributed by atoms with E-state index in [-0.39, 0.29) is 12.2 Å². The van der Waals surface area contributed by atoms with Gasteiger partial charge in [0.15, 0.2) is 0 Å². The summed E-state index contributed by atoms with van der Waals surface area (Å²) < 4.78 is 1.65. The van der Waals surface area contributed by atoms with E-state index >= 15 is 0 Å². The standard InChI is InChI=1S/C20H15ClN4O3/c21-12-3-4-15-14(9-12)17(13-2-1-6-24-19(13)26)18(20(27)28)25(15)10-11-5-7-23-16(22)8-11/h1-9,13H,10H2,(H2,22,23)(H,27,28). The molecule has 0 bridgehead atoms. The van der Waals surface area contributed by atoms with Gasteiger partial charge in [0.25, 0.3) is 5.91 Å². The van der Waals surface area contributed by atoms with E-state index in [2.05, 4.69) is 9.98 Å². The number of hydrogen-bond acceptors (Lipinski definition) is 4. The molecule has 1 amide bonds. The van der Waals surface area contributed by atoms with Crippen LogP contribution in [0.2, 0.25) is 5.02 Å². The van der Waals surface area contributed by atoms with E-state index in [4.69, 9.17) is 17.3 Å². The highest BCUT2D eigenvalue weighted by Gasteiger charge is 2.31. The number of rotatable bonds is 4. The van der Waals surface area contributed by atoms with E-state index in [1.807, 2.05) is 0 Å². The third kappa shape index (κ3) is 3.05. The molecule has 0 fully saturated rings. The lowest BCUT2D eigenvalue weighted by molar-refractivity contribution is -0.118. The molecule has 1 unspecified atom stereocenters. The SMILES string of the molecule is Nc1cc(Cn2c(C(=O)O)c(C3C=CC=NC3=O)c3cc(Cl)ccc32)ccn1. The summed E-state index contributed by atoms with van der Waals surface area (Å²) in [6.07, 6.45) is 6.24. The number of hydrogen-bond donors (Lipinski definition) is 2. The Morgan fingerprint density at radius 2 is 2.11 bits per heavy atom. The summed E-state index contributed by atoms with van der Waals surface area (Å²) in [6, 6.07) is 8.56. The molecule has 0 radical (unpaired) electrons. The summed E-state index contributed by atoms with van der Waals surface area (Å²) in [4.78, 5) is 32.4. The molecule has 3 N–H and O–H groups in total. The van der Waals surface area contributed by atoms with Crippen LogP contribution in [0, 0.1) is 0 Å². The van der Waals surface area contributed by atoms with Gasteiger partial charge in [-0.05, 0) is 42.0 Å². The highest BCUT2D eigenvalue weighted by Crippen LogP contribution is 2.36. The molecule has 0 aliphatic carbocycles. The number of carboxylic acids is 1. The van der Waals surface area contributed by atoms with Gasteiger partial charge in [-0.3, -0.25) is 4.79 Å². The quantitative estimate of drug-likeness (QED) is 0.705. The second kappa shape index (κ2) is 6.94. The molecule has 3 heterocycles. The molecule has 2 aromatic heterocycles. The second-order valence-electron chi connectivity index (χ2n) is 6.38. The predicted octanol–water partition coefficient (Wildman–Crippen LogP) is 3.27. The molecule has 4 rings (SSSR count). The number of carbonyl (C=O) groups is 2. The van der Waals surface area contributed by atoms with Crippen LogP contribution < -0.4 is 5.73 Å². The number of aromatic nitrogens is 2. The lowest BCUT2D eigenvalue weighted by Crippen LogP contribution is -2.17. The summed E-state index contributed by atoms with van der Waals surface area (Å²) >= 11 is 6.17. The van der Waals surface area contributed by atoms with Crippen molar-refractivity contribution in [3.63, 3.8) is 0 Å². The summed E-state index contributed by atoms with van der Waals surface area (Å²) in [7, 11) is 0. The zero-order chi connectivity index (χ0) is 19.8. The highest BCUT2D eigenvalue weighted by atomic mass is 35.5. The molecule has 1 aliphatic heterocycles. The molecular formula is C20H15ClN4O3. The number of nitrogens with zero attached hydrogens (tertiary/aromatic N) is 3. The molecule has 1 aliphatic rings. The summed E-state index contributed by atoms with van der Waals surface area (Å²) in [5, 5.41) is 11.1. The summed E-state index contributed by atoms with van der Waals surface area (Å²) in [5.41, 5.74) is 7.60. The van der Waals surface area contributed by atoms with Gasteiger partial charge in [-0.2, -0.15) is 0 Å². The molecule has 140 valence electrons. The lowest BCUT2D eigenvalue weighted by Gasteiger charge is -2.13. The minimum absolute atomic E-state index is 0.0211. The number of fused-ring (bicyclic) bond motifs is 1. The van der Waals surface area contributed by atoms with Crippen LogP contribution in [-0.4, -0.2) is 32.7 Å². The largest absolute Gasteiger partial charge is 0.477 e. The third-order valence-corrected chi connectivity index (χ3v) is 4.86. The summed E-state index contributed by atoms with van der Waals surface area (Å²) in [5.74, 6) is -2.01. The Balaban J connectivity index is 2.00. The number of aliphatic imine (C=N–C) groups is 1. The maximum Gasteiger partial charge on any atom is 0.352 e. The fourth-order valence-corrected chi connectivity index (χ4v) is 3.67. The van der Waals surface area contributed by atoms with E-state index in [0.717, 1.165) is 5.56 Å². The molecule has 28 heavy (non-hydrogen) atoms. The molecule has 0 spiro atoms. The van der Waals surface area contributed by atoms with Crippen LogP contribution in [0.5, 0.6) is 0 Å². The van der Waals surface area contributed by atoms with Crippen molar-refractivity contribution < 1.29 is 14.7 Å². The maximum atomic E-state index is 12.4. The van der Waals surface area contributed by atoms with Crippen LogP contribution in [0.25, 0.3) is 10.9 Å². The van der Waals surface area contributed by atoms with Gasteiger partial charge < -0.3 is 15.4 Å². The number of pyridine rings is 1. The van der Waals surface area contributed by atoms with Gasteiger partial charge in [0.05, 0.1) is 5.92 Å². The molecule has 7 nitrogen and oxygen atoms in total.